The normalized spacial score (nSPS) is 30.7. The molecule has 1 aliphatic carbocycles. The molecular formula is C16H28N2O3. The van der Waals surface area contributed by atoms with Crippen LogP contribution in [0.3, 0.4) is 0 Å². The minimum Gasteiger partial charge on any atom is -0.458 e. The van der Waals surface area contributed by atoms with Crippen LogP contribution in [0.25, 0.3) is 0 Å². The first-order chi connectivity index (χ1) is 9.70. The Kier molecular flexibility index (Phi) is 4.61. The molecule has 1 amide bonds. The van der Waals surface area contributed by atoms with E-state index in [0.29, 0.717) is 5.92 Å². The van der Waals surface area contributed by atoms with E-state index in [9.17, 15) is 9.59 Å². The van der Waals surface area contributed by atoms with Crippen LogP contribution in [0, 0.1) is 5.92 Å². The number of ether oxygens (including phenoxy) is 1. The van der Waals surface area contributed by atoms with Crippen LogP contribution >= 0.6 is 0 Å². The van der Waals surface area contributed by atoms with Crippen molar-refractivity contribution in [2.75, 3.05) is 0 Å². The first kappa shape index (κ1) is 16.3. The van der Waals surface area contributed by atoms with E-state index in [1.54, 1.807) is 11.8 Å². The van der Waals surface area contributed by atoms with Gasteiger partial charge in [0.2, 0.25) is 5.91 Å². The molecule has 2 N–H and O–H groups in total. The maximum absolute atomic E-state index is 12.5. The minimum absolute atomic E-state index is 0.125. The molecule has 0 unspecified atom stereocenters. The molecule has 5 heteroatoms. The highest BCUT2D eigenvalue weighted by Gasteiger charge is 2.49. The number of esters is 1. The van der Waals surface area contributed by atoms with Crippen molar-refractivity contribution in [3.63, 3.8) is 0 Å². The van der Waals surface area contributed by atoms with Gasteiger partial charge in [-0.15, -0.1) is 0 Å². The van der Waals surface area contributed by atoms with E-state index in [4.69, 9.17) is 10.5 Å². The first-order valence-electron chi connectivity index (χ1n) is 8.01. The summed E-state index contributed by atoms with van der Waals surface area (Å²) in [5.74, 6) is 0.00475. The average molecular weight is 296 g/mol. The monoisotopic (exact) mass is 296 g/mol. The number of likely N-dealkylation sites (tertiary alicyclic amines) is 1. The minimum atomic E-state index is -0.574. The highest BCUT2D eigenvalue weighted by Crippen LogP contribution is 2.40. The van der Waals surface area contributed by atoms with Gasteiger partial charge in [0.25, 0.3) is 0 Å². The zero-order valence-corrected chi connectivity index (χ0v) is 13.6. The standard InChI is InChI=1S/C16H28N2O3/c1-10(17)14(19)18-12-8-6-5-7-11(12)9-13(18)15(20)21-16(2,3)4/h10-13H,5-9,17H2,1-4H3/t10-,11+,12-,13-/m0/s1. The zero-order chi connectivity index (χ0) is 15.8. The smallest absolute Gasteiger partial charge is 0.329 e. The third-order valence-corrected chi connectivity index (χ3v) is 4.41. The van der Waals surface area contributed by atoms with Crippen LogP contribution in [0.2, 0.25) is 0 Å². The lowest BCUT2D eigenvalue weighted by atomic mass is 9.84. The zero-order valence-electron chi connectivity index (χ0n) is 13.6. The molecule has 2 fully saturated rings. The average Bonchev–Trinajstić information content (AvgIpc) is 2.75. The molecular weight excluding hydrogens is 268 g/mol. The van der Waals surface area contributed by atoms with Crippen molar-refractivity contribution in [3.8, 4) is 0 Å². The lowest BCUT2D eigenvalue weighted by Gasteiger charge is -2.35. The Morgan fingerprint density at radius 3 is 2.43 bits per heavy atom. The van der Waals surface area contributed by atoms with Gasteiger partial charge in [0, 0.05) is 6.04 Å². The van der Waals surface area contributed by atoms with Gasteiger partial charge < -0.3 is 15.4 Å². The number of fused-ring (bicyclic) bond motifs is 1. The molecule has 0 spiro atoms. The van der Waals surface area contributed by atoms with Gasteiger partial charge in [-0.2, -0.15) is 0 Å². The van der Waals surface area contributed by atoms with E-state index in [0.717, 1.165) is 25.7 Å². The highest BCUT2D eigenvalue weighted by atomic mass is 16.6. The molecule has 0 aromatic rings. The summed E-state index contributed by atoms with van der Waals surface area (Å²) in [4.78, 5) is 26.7. The molecule has 0 aromatic heterocycles. The van der Waals surface area contributed by atoms with Crippen LogP contribution in [-0.2, 0) is 14.3 Å². The van der Waals surface area contributed by atoms with E-state index >= 15 is 0 Å². The van der Waals surface area contributed by atoms with E-state index in [-0.39, 0.29) is 17.9 Å². The summed E-state index contributed by atoms with van der Waals surface area (Å²) >= 11 is 0. The van der Waals surface area contributed by atoms with Gasteiger partial charge in [-0.1, -0.05) is 12.8 Å². The van der Waals surface area contributed by atoms with Crippen molar-refractivity contribution in [1.29, 1.82) is 0 Å². The molecule has 2 rings (SSSR count). The molecule has 5 nitrogen and oxygen atoms in total. The quantitative estimate of drug-likeness (QED) is 0.789. The van der Waals surface area contributed by atoms with E-state index < -0.39 is 17.7 Å². The molecule has 0 bridgehead atoms. The number of carbonyl (C=O) groups excluding carboxylic acids is 2. The van der Waals surface area contributed by atoms with Crippen molar-refractivity contribution in [1.82, 2.24) is 4.90 Å². The largest absolute Gasteiger partial charge is 0.458 e. The lowest BCUT2D eigenvalue weighted by Crippen LogP contribution is -2.52. The van der Waals surface area contributed by atoms with Gasteiger partial charge in [-0.3, -0.25) is 4.79 Å². The van der Waals surface area contributed by atoms with E-state index in [1.165, 1.54) is 6.42 Å². The number of hydrogen-bond acceptors (Lipinski definition) is 4. The lowest BCUT2D eigenvalue weighted by molar-refractivity contribution is -0.164. The Morgan fingerprint density at radius 2 is 1.86 bits per heavy atom. The van der Waals surface area contributed by atoms with Gasteiger partial charge in [-0.05, 0) is 52.9 Å². The number of amides is 1. The van der Waals surface area contributed by atoms with E-state index in [1.807, 2.05) is 20.8 Å². The van der Waals surface area contributed by atoms with Gasteiger partial charge in [0.05, 0.1) is 6.04 Å². The molecule has 21 heavy (non-hydrogen) atoms. The summed E-state index contributed by atoms with van der Waals surface area (Å²) in [6.45, 7) is 7.24. The number of nitrogens with two attached hydrogens (primary N) is 1. The van der Waals surface area contributed by atoms with Crippen LogP contribution in [0.4, 0.5) is 0 Å². The van der Waals surface area contributed by atoms with Crippen LogP contribution < -0.4 is 5.73 Å². The summed E-state index contributed by atoms with van der Waals surface area (Å²) in [7, 11) is 0. The Hall–Kier alpha value is -1.10. The fourth-order valence-corrected chi connectivity index (χ4v) is 3.59. The number of hydrogen-bond donors (Lipinski definition) is 1. The molecule has 1 saturated carbocycles. The second-order valence-corrected chi connectivity index (χ2v) is 7.43. The van der Waals surface area contributed by atoms with Crippen molar-refractivity contribution in [3.05, 3.63) is 0 Å². The van der Waals surface area contributed by atoms with Gasteiger partial charge in [0.1, 0.15) is 11.6 Å². The maximum Gasteiger partial charge on any atom is 0.329 e. The molecule has 1 heterocycles. The summed E-state index contributed by atoms with van der Waals surface area (Å²) in [6, 6.07) is -0.874. The Balaban J connectivity index is 2.21. The van der Waals surface area contributed by atoms with Crippen molar-refractivity contribution < 1.29 is 14.3 Å². The van der Waals surface area contributed by atoms with Crippen molar-refractivity contribution in [2.24, 2.45) is 11.7 Å². The summed E-state index contributed by atoms with van der Waals surface area (Å²) in [6.07, 6.45) is 5.08. The molecule has 120 valence electrons. The Bertz CT molecular complexity index is 414. The first-order valence-corrected chi connectivity index (χ1v) is 8.01. The molecule has 1 saturated heterocycles. The summed E-state index contributed by atoms with van der Waals surface area (Å²) in [5.41, 5.74) is 5.25. The van der Waals surface area contributed by atoms with Gasteiger partial charge >= 0.3 is 5.97 Å². The number of carbonyl (C=O) groups is 2. The van der Waals surface area contributed by atoms with Crippen molar-refractivity contribution in [2.45, 2.75) is 83.5 Å². The molecule has 0 aromatic carbocycles. The summed E-state index contributed by atoms with van der Waals surface area (Å²) < 4.78 is 5.51. The van der Waals surface area contributed by atoms with Crippen LogP contribution in [0.5, 0.6) is 0 Å². The van der Waals surface area contributed by atoms with E-state index in [2.05, 4.69) is 0 Å². The predicted molar refractivity (Wildman–Crippen MR) is 80.5 cm³/mol. The molecule has 2 aliphatic rings. The van der Waals surface area contributed by atoms with Gasteiger partial charge in [-0.25, -0.2) is 4.79 Å². The topological polar surface area (TPSA) is 72.6 Å². The fraction of sp³-hybridized carbons (Fsp3) is 0.875. The number of rotatable bonds is 2. The SMILES string of the molecule is C[C@H](N)C(=O)N1[C@H](C(=O)OC(C)(C)C)C[C@H]2CCCC[C@@H]21. The van der Waals surface area contributed by atoms with Gasteiger partial charge in [0.15, 0.2) is 0 Å². The third-order valence-electron chi connectivity index (χ3n) is 4.41. The fourth-order valence-electron chi connectivity index (χ4n) is 3.59. The number of nitrogens with zero attached hydrogens (tertiary/aromatic N) is 1. The molecule has 0 radical (unpaired) electrons. The third kappa shape index (κ3) is 3.57. The second-order valence-electron chi connectivity index (χ2n) is 7.43. The Morgan fingerprint density at radius 1 is 1.24 bits per heavy atom. The molecule has 4 atom stereocenters. The van der Waals surface area contributed by atoms with Crippen LogP contribution in [-0.4, -0.2) is 40.5 Å². The van der Waals surface area contributed by atoms with Crippen molar-refractivity contribution >= 4 is 11.9 Å². The van der Waals surface area contributed by atoms with Crippen LogP contribution in [0.1, 0.15) is 59.8 Å². The van der Waals surface area contributed by atoms with Crippen LogP contribution in [0.15, 0.2) is 0 Å². The molecule has 1 aliphatic heterocycles. The Labute approximate surface area is 127 Å². The second kappa shape index (κ2) is 5.95. The maximum atomic E-state index is 12.5. The highest BCUT2D eigenvalue weighted by molar-refractivity contribution is 5.88. The summed E-state index contributed by atoms with van der Waals surface area (Å²) in [5, 5.41) is 0. The predicted octanol–water partition coefficient (Wildman–Crippen LogP) is 1.83.